The van der Waals surface area contributed by atoms with Gasteiger partial charge < -0.3 is 9.84 Å². The summed E-state index contributed by atoms with van der Waals surface area (Å²) < 4.78 is 5.88. The molecule has 1 unspecified atom stereocenters. The van der Waals surface area contributed by atoms with Gasteiger partial charge in [-0.1, -0.05) is 60.7 Å². The number of hydrogen-bond donors (Lipinski definition) is 1. The third kappa shape index (κ3) is 5.77. The molecule has 1 atom stereocenters. The van der Waals surface area contributed by atoms with Crippen molar-refractivity contribution in [2.24, 2.45) is 0 Å². The summed E-state index contributed by atoms with van der Waals surface area (Å²) in [5.74, 6) is 0.478. The molecule has 0 amide bonds. The molecular weight excluding hydrogens is 468 g/mol. The Morgan fingerprint density at radius 2 is 1.54 bits per heavy atom. The Bertz CT molecular complexity index is 1290. The molecule has 0 bridgehead atoms. The van der Waals surface area contributed by atoms with Gasteiger partial charge in [-0.25, -0.2) is 4.98 Å². The van der Waals surface area contributed by atoms with Crippen LogP contribution in [0.25, 0.3) is 10.9 Å². The predicted octanol–water partition coefficient (Wildman–Crippen LogP) is 4.29. The lowest BCUT2D eigenvalue weighted by molar-refractivity contribution is -0.383. The Kier molecular flexibility index (Phi) is 7.70. The summed E-state index contributed by atoms with van der Waals surface area (Å²) in [5.41, 5.74) is 2.77. The van der Waals surface area contributed by atoms with Crippen LogP contribution in [0, 0.1) is 10.1 Å². The largest absolute Gasteiger partial charge is 0.490 e. The highest BCUT2D eigenvalue weighted by atomic mass is 16.6. The Morgan fingerprint density at radius 1 is 0.892 bits per heavy atom. The predicted molar refractivity (Wildman–Crippen MR) is 143 cm³/mol. The first-order chi connectivity index (χ1) is 18.1. The summed E-state index contributed by atoms with van der Waals surface area (Å²) in [5, 5.41) is 22.6. The normalized spacial score (nSPS) is 15.6. The van der Waals surface area contributed by atoms with Crippen molar-refractivity contribution in [1.82, 2.24) is 14.8 Å². The van der Waals surface area contributed by atoms with Gasteiger partial charge in [0.25, 0.3) is 5.69 Å². The molecule has 8 nitrogen and oxygen atoms in total. The van der Waals surface area contributed by atoms with Gasteiger partial charge in [0.15, 0.2) is 5.52 Å². The number of non-ortho nitro benzene ring substituents is 1. The average Bonchev–Trinajstić information content (AvgIpc) is 2.94. The highest BCUT2D eigenvalue weighted by Gasteiger charge is 2.27. The minimum absolute atomic E-state index is 0.0642. The number of aliphatic hydroxyl groups is 1. The number of nitro benzene ring substituents is 1. The quantitative estimate of drug-likeness (QED) is 0.272. The van der Waals surface area contributed by atoms with E-state index in [9.17, 15) is 15.2 Å². The van der Waals surface area contributed by atoms with E-state index < -0.39 is 11.0 Å². The van der Waals surface area contributed by atoms with E-state index in [-0.39, 0.29) is 23.9 Å². The molecule has 0 aliphatic carbocycles. The summed E-state index contributed by atoms with van der Waals surface area (Å²) in [4.78, 5) is 19.8. The number of pyridine rings is 1. The van der Waals surface area contributed by atoms with Crippen LogP contribution in [0.1, 0.15) is 17.2 Å². The summed E-state index contributed by atoms with van der Waals surface area (Å²) >= 11 is 0. The number of β-amino-alcohol motifs (C(OH)–C–C–N with tert-alkyl or cyclic N) is 1. The van der Waals surface area contributed by atoms with E-state index in [2.05, 4.69) is 63.3 Å². The maximum absolute atomic E-state index is 11.3. The van der Waals surface area contributed by atoms with Gasteiger partial charge in [-0.15, -0.1) is 0 Å². The van der Waals surface area contributed by atoms with Crippen LogP contribution in [0.5, 0.6) is 5.75 Å². The number of fused-ring (bicyclic) bond motifs is 1. The smallest absolute Gasteiger partial charge is 0.295 e. The summed E-state index contributed by atoms with van der Waals surface area (Å²) in [6, 6.07) is 27.8. The van der Waals surface area contributed by atoms with Gasteiger partial charge in [0.05, 0.1) is 11.0 Å². The van der Waals surface area contributed by atoms with E-state index in [4.69, 9.17) is 4.74 Å². The zero-order valence-electron chi connectivity index (χ0n) is 20.5. The molecule has 37 heavy (non-hydrogen) atoms. The first-order valence-corrected chi connectivity index (χ1v) is 12.5. The van der Waals surface area contributed by atoms with Crippen molar-refractivity contribution in [1.29, 1.82) is 0 Å². The molecule has 190 valence electrons. The maximum atomic E-state index is 11.3. The second-order valence-electron chi connectivity index (χ2n) is 9.26. The van der Waals surface area contributed by atoms with Crippen molar-refractivity contribution in [2.45, 2.75) is 12.1 Å². The molecule has 1 aliphatic rings. The van der Waals surface area contributed by atoms with E-state index in [1.54, 1.807) is 18.2 Å². The third-order valence-electron chi connectivity index (χ3n) is 6.81. The molecule has 5 rings (SSSR count). The van der Waals surface area contributed by atoms with E-state index in [0.29, 0.717) is 17.7 Å². The van der Waals surface area contributed by atoms with Crippen LogP contribution >= 0.6 is 0 Å². The second kappa shape index (κ2) is 11.5. The van der Waals surface area contributed by atoms with Gasteiger partial charge in [-0.2, -0.15) is 0 Å². The van der Waals surface area contributed by atoms with E-state index in [1.165, 1.54) is 23.4 Å². The monoisotopic (exact) mass is 498 g/mol. The molecular formula is C29H30N4O4. The van der Waals surface area contributed by atoms with Crippen LogP contribution in [0.3, 0.4) is 0 Å². The minimum atomic E-state index is -0.687. The lowest BCUT2D eigenvalue weighted by Gasteiger charge is -2.40. The molecule has 0 radical (unpaired) electrons. The molecule has 8 heteroatoms. The van der Waals surface area contributed by atoms with Gasteiger partial charge in [0.2, 0.25) is 0 Å². The zero-order chi connectivity index (χ0) is 25.6. The molecule has 1 saturated heterocycles. The van der Waals surface area contributed by atoms with E-state index in [0.717, 1.165) is 26.2 Å². The Balaban J connectivity index is 1.19. The number of aliphatic hydroxyl groups excluding tert-OH is 1. The number of rotatable bonds is 9. The van der Waals surface area contributed by atoms with Gasteiger partial charge in [0.1, 0.15) is 18.5 Å². The standard InChI is InChI=1S/C29H30N4O4/c34-24(21-37-27-14-13-26(33(35)36)28-25(27)12-7-15-30-28)20-31-16-18-32(19-17-31)29(22-8-3-1-4-9-22)23-10-5-2-6-11-23/h1-15,24,29,34H,16-21H2. The fourth-order valence-corrected chi connectivity index (χ4v) is 5.03. The number of aromatic nitrogens is 1. The molecule has 2 heterocycles. The van der Waals surface area contributed by atoms with E-state index >= 15 is 0 Å². The van der Waals surface area contributed by atoms with Gasteiger partial charge >= 0.3 is 0 Å². The number of hydrogen-bond acceptors (Lipinski definition) is 7. The molecule has 1 fully saturated rings. The number of ether oxygens (including phenoxy) is 1. The van der Waals surface area contributed by atoms with E-state index in [1.807, 2.05) is 12.1 Å². The van der Waals surface area contributed by atoms with Crippen molar-refractivity contribution in [2.75, 3.05) is 39.3 Å². The average molecular weight is 499 g/mol. The number of nitro groups is 1. The fourth-order valence-electron chi connectivity index (χ4n) is 5.03. The molecule has 4 aromatic rings. The van der Waals surface area contributed by atoms with Gasteiger partial charge in [-0.05, 0) is 29.3 Å². The molecule has 0 spiro atoms. The maximum Gasteiger partial charge on any atom is 0.295 e. The highest BCUT2D eigenvalue weighted by molar-refractivity contribution is 5.91. The van der Waals surface area contributed by atoms with Crippen molar-refractivity contribution in [3.05, 3.63) is 112 Å². The molecule has 1 N–H and O–H groups in total. The molecule has 0 saturated carbocycles. The fraction of sp³-hybridized carbons (Fsp3) is 0.276. The summed E-state index contributed by atoms with van der Waals surface area (Å²) in [6.07, 6.45) is 0.834. The lowest BCUT2D eigenvalue weighted by Crippen LogP contribution is -2.50. The third-order valence-corrected chi connectivity index (χ3v) is 6.81. The molecule has 1 aromatic heterocycles. The number of benzene rings is 3. The highest BCUT2D eigenvalue weighted by Crippen LogP contribution is 2.32. The number of piperazine rings is 1. The van der Waals surface area contributed by atoms with Crippen LogP contribution in [0.15, 0.2) is 91.1 Å². The van der Waals surface area contributed by atoms with Crippen molar-refractivity contribution >= 4 is 16.6 Å². The van der Waals surface area contributed by atoms with Crippen molar-refractivity contribution < 1.29 is 14.8 Å². The Hall–Kier alpha value is -3.85. The zero-order valence-corrected chi connectivity index (χ0v) is 20.5. The molecule has 1 aliphatic heterocycles. The summed E-state index contributed by atoms with van der Waals surface area (Å²) in [6.45, 7) is 4.06. The first kappa shape index (κ1) is 24.8. The van der Waals surface area contributed by atoms with Crippen molar-refractivity contribution in [3.63, 3.8) is 0 Å². The Morgan fingerprint density at radius 3 is 2.16 bits per heavy atom. The van der Waals surface area contributed by atoms with Crippen LogP contribution < -0.4 is 4.74 Å². The van der Waals surface area contributed by atoms with Crippen molar-refractivity contribution in [3.8, 4) is 5.75 Å². The minimum Gasteiger partial charge on any atom is -0.490 e. The second-order valence-corrected chi connectivity index (χ2v) is 9.26. The van der Waals surface area contributed by atoms with Gasteiger partial charge in [-0.3, -0.25) is 19.9 Å². The van der Waals surface area contributed by atoms with Crippen LogP contribution in [-0.2, 0) is 0 Å². The van der Waals surface area contributed by atoms with Crippen LogP contribution in [0.4, 0.5) is 5.69 Å². The lowest BCUT2D eigenvalue weighted by atomic mass is 9.96. The molecule has 3 aromatic carbocycles. The van der Waals surface area contributed by atoms with Gasteiger partial charge in [0, 0.05) is 50.4 Å². The SMILES string of the molecule is O=[N+]([O-])c1ccc(OCC(O)CN2CCN(C(c3ccccc3)c3ccccc3)CC2)c2cccnc12. The topological polar surface area (TPSA) is 92.0 Å². The van der Waals surface area contributed by atoms with Crippen LogP contribution in [-0.4, -0.2) is 70.2 Å². The van der Waals surface area contributed by atoms with Crippen LogP contribution in [0.2, 0.25) is 0 Å². The number of nitrogens with zero attached hydrogens (tertiary/aromatic N) is 4. The summed E-state index contributed by atoms with van der Waals surface area (Å²) in [7, 11) is 0. The Labute approximate surface area is 215 Å². The first-order valence-electron chi connectivity index (χ1n) is 12.5.